The number of para-hydroxylation sites is 1. The molecule has 1 heterocycles. The molecule has 0 spiro atoms. The van der Waals surface area contributed by atoms with Crippen LogP contribution < -0.4 is 5.32 Å². The lowest BCUT2D eigenvalue weighted by molar-refractivity contribution is 1.05. The van der Waals surface area contributed by atoms with Crippen LogP contribution in [0.1, 0.15) is 11.3 Å². The molecule has 0 aliphatic rings. The van der Waals surface area contributed by atoms with Gasteiger partial charge in [-0.2, -0.15) is 0 Å². The number of aromatic nitrogens is 2. The van der Waals surface area contributed by atoms with Crippen LogP contribution in [0.15, 0.2) is 54.7 Å². The van der Waals surface area contributed by atoms with Crippen LogP contribution >= 0.6 is 11.6 Å². The maximum Gasteiger partial charge on any atom is 0.212 e. The predicted molar refractivity (Wildman–Crippen MR) is 87.8 cm³/mol. The first-order valence-corrected chi connectivity index (χ1v) is 7.16. The van der Waals surface area contributed by atoms with Gasteiger partial charge in [0.2, 0.25) is 5.95 Å². The number of imidazole rings is 1. The Morgan fingerprint density at radius 1 is 1.05 bits per heavy atom. The molecule has 3 aromatic rings. The Labute approximate surface area is 129 Å². The van der Waals surface area contributed by atoms with E-state index >= 15 is 0 Å². The normalized spacial score (nSPS) is 10.6. The Hall–Kier alpha value is -2.26. The first kappa shape index (κ1) is 13.7. The van der Waals surface area contributed by atoms with Gasteiger partial charge in [0.05, 0.1) is 11.4 Å². The van der Waals surface area contributed by atoms with E-state index in [2.05, 4.69) is 17.2 Å². The Balaban J connectivity index is 2.05. The van der Waals surface area contributed by atoms with Crippen LogP contribution in [-0.2, 0) is 0 Å². The van der Waals surface area contributed by atoms with Crippen LogP contribution in [0.4, 0.5) is 11.6 Å². The zero-order valence-electron chi connectivity index (χ0n) is 12.0. The molecular weight excluding hydrogens is 282 g/mol. The minimum absolute atomic E-state index is 0.715. The Morgan fingerprint density at radius 3 is 2.57 bits per heavy atom. The summed E-state index contributed by atoms with van der Waals surface area (Å²) < 4.78 is 2.03. The van der Waals surface area contributed by atoms with E-state index in [9.17, 15) is 0 Å². The van der Waals surface area contributed by atoms with Crippen LogP contribution in [0.3, 0.4) is 0 Å². The van der Waals surface area contributed by atoms with Crippen molar-refractivity contribution in [1.82, 2.24) is 9.55 Å². The summed E-state index contributed by atoms with van der Waals surface area (Å²) in [7, 11) is 0. The molecule has 2 aromatic carbocycles. The lowest BCUT2D eigenvalue weighted by Gasteiger charge is -2.12. The summed E-state index contributed by atoms with van der Waals surface area (Å²) in [6, 6.07) is 15.9. The molecule has 0 atom stereocenters. The van der Waals surface area contributed by atoms with E-state index in [1.165, 1.54) is 0 Å². The van der Waals surface area contributed by atoms with Gasteiger partial charge >= 0.3 is 0 Å². The van der Waals surface area contributed by atoms with Gasteiger partial charge in [-0.25, -0.2) is 4.98 Å². The lowest BCUT2D eigenvalue weighted by Crippen LogP contribution is -2.02. The molecule has 4 heteroatoms. The smallest absolute Gasteiger partial charge is 0.212 e. The van der Waals surface area contributed by atoms with Gasteiger partial charge in [0.25, 0.3) is 0 Å². The van der Waals surface area contributed by atoms with E-state index in [0.29, 0.717) is 5.02 Å². The molecule has 3 nitrogen and oxygen atoms in total. The molecule has 1 N–H and O–H groups in total. The maximum atomic E-state index is 6.13. The van der Waals surface area contributed by atoms with E-state index in [4.69, 9.17) is 11.6 Å². The molecular formula is C17H16ClN3. The zero-order valence-corrected chi connectivity index (χ0v) is 12.7. The lowest BCUT2D eigenvalue weighted by atomic mass is 10.2. The van der Waals surface area contributed by atoms with Crippen LogP contribution in [0.2, 0.25) is 5.02 Å². The highest BCUT2D eigenvalue weighted by atomic mass is 35.5. The highest BCUT2D eigenvalue weighted by Crippen LogP contribution is 2.25. The summed E-state index contributed by atoms with van der Waals surface area (Å²) in [6.45, 7) is 4.04. The quantitative estimate of drug-likeness (QED) is 0.746. The molecule has 0 aliphatic heterocycles. The van der Waals surface area contributed by atoms with Crippen molar-refractivity contribution in [3.8, 4) is 5.69 Å². The molecule has 0 fully saturated rings. The fraction of sp³-hybridized carbons (Fsp3) is 0.118. The highest BCUT2D eigenvalue weighted by Gasteiger charge is 2.10. The SMILES string of the molecule is Cc1cn(-c2cc(Cl)ccc2C)c(Nc2ccccc2)n1. The largest absolute Gasteiger partial charge is 0.325 e. The van der Waals surface area contributed by atoms with Crippen LogP contribution in [0.25, 0.3) is 5.69 Å². The van der Waals surface area contributed by atoms with E-state index in [0.717, 1.165) is 28.6 Å². The fourth-order valence-corrected chi connectivity index (χ4v) is 2.43. The number of nitrogens with zero attached hydrogens (tertiary/aromatic N) is 2. The molecule has 0 saturated carbocycles. The molecule has 0 unspecified atom stereocenters. The van der Waals surface area contributed by atoms with Crippen molar-refractivity contribution in [2.75, 3.05) is 5.32 Å². The van der Waals surface area contributed by atoms with Crippen molar-refractivity contribution in [2.45, 2.75) is 13.8 Å². The first-order valence-electron chi connectivity index (χ1n) is 6.78. The van der Waals surface area contributed by atoms with Crippen LogP contribution in [0, 0.1) is 13.8 Å². The molecule has 0 bridgehead atoms. The minimum Gasteiger partial charge on any atom is -0.325 e. The van der Waals surface area contributed by atoms with Crippen molar-refractivity contribution in [1.29, 1.82) is 0 Å². The van der Waals surface area contributed by atoms with Crippen molar-refractivity contribution in [2.24, 2.45) is 0 Å². The van der Waals surface area contributed by atoms with E-state index in [1.54, 1.807) is 0 Å². The number of anilines is 2. The second-order valence-corrected chi connectivity index (χ2v) is 5.43. The molecule has 21 heavy (non-hydrogen) atoms. The van der Waals surface area contributed by atoms with Gasteiger partial charge in [-0.1, -0.05) is 35.9 Å². The molecule has 0 radical (unpaired) electrons. The van der Waals surface area contributed by atoms with Crippen molar-refractivity contribution < 1.29 is 0 Å². The van der Waals surface area contributed by atoms with Gasteiger partial charge in [0, 0.05) is 16.9 Å². The summed E-state index contributed by atoms with van der Waals surface area (Å²) in [4.78, 5) is 4.56. The molecule has 106 valence electrons. The van der Waals surface area contributed by atoms with Crippen LogP contribution in [-0.4, -0.2) is 9.55 Å². The Kier molecular flexibility index (Phi) is 3.67. The summed E-state index contributed by atoms with van der Waals surface area (Å²) >= 11 is 6.13. The fourth-order valence-electron chi connectivity index (χ4n) is 2.26. The van der Waals surface area contributed by atoms with Gasteiger partial charge < -0.3 is 5.32 Å². The standard InChI is InChI=1S/C17H16ClN3/c1-12-8-9-14(18)10-16(12)21-11-13(2)19-17(21)20-15-6-4-3-5-7-15/h3-11H,1-2H3,(H,19,20). The second kappa shape index (κ2) is 5.62. The van der Waals surface area contributed by atoms with E-state index in [-0.39, 0.29) is 0 Å². The molecule has 0 aliphatic carbocycles. The van der Waals surface area contributed by atoms with Gasteiger partial charge in [0.1, 0.15) is 0 Å². The number of nitrogens with one attached hydrogen (secondary N) is 1. The third-order valence-electron chi connectivity index (χ3n) is 3.29. The summed E-state index contributed by atoms with van der Waals surface area (Å²) in [5.74, 6) is 0.782. The topological polar surface area (TPSA) is 29.9 Å². The molecule has 0 amide bonds. The van der Waals surface area contributed by atoms with Crippen molar-refractivity contribution in [3.05, 3.63) is 71.0 Å². The predicted octanol–water partition coefficient (Wildman–Crippen LogP) is 4.89. The minimum atomic E-state index is 0.715. The number of halogens is 1. The zero-order chi connectivity index (χ0) is 14.8. The van der Waals surface area contributed by atoms with E-state index in [1.807, 2.05) is 66.2 Å². The number of aryl methyl sites for hydroxylation is 2. The monoisotopic (exact) mass is 297 g/mol. The number of benzene rings is 2. The number of hydrogen-bond acceptors (Lipinski definition) is 2. The maximum absolute atomic E-state index is 6.13. The molecule has 0 saturated heterocycles. The number of hydrogen-bond donors (Lipinski definition) is 1. The summed E-state index contributed by atoms with van der Waals surface area (Å²) in [6.07, 6.45) is 2.00. The van der Waals surface area contributed by atoms with Gasteiger partial charge in [-0.3, -0.25) is 4.57 Å². The molecule has 1 aromatic heterocycles. The first-order chi connectivity index (χ1) is 10.1. The average molecular weight is 298 g/mol. The van der Waals surface area contributed by atoms with Crippen molar-refractivity contribution >= 4 is 23.2 Å². The van der Waals surface area contributed by atoms with E-state index < -0.39 is 0 Å². The third-order valence-corrected chi connectivity index (χ3v) is 3.52. The second-order valence-electron chi connectivity index (χ2n) is 5.00. The average Bonchev–Trinajstić information content (AvgIpc) is 2.83. The van der Waals surface area contributed by atoms with Gasteiger partial charge in [0.15, 0.2) is 0 Å². The van der Waals surface area contributed by atoms with Crippen molar-refractivity contribution in [3.63, 3.8) is 0 Å². The van der Waals surface area contributed by atoms with Gasteiger partial charge in [-0.15, -0.1) is 0 Å². The summed E-state index contributed by atoms with van der Waals surface area (Å²) in [5.41, 5.74) is 4.13. The highest BCUT2D eigenvalue weighted by molar-refractivity contribution is 6.30. The third kappa shape index (κ3) is 2.93. The van der Waals surface area contributed by atoms with Crippen LogP contribution in [0.5, 0.6) is 0 Å². The molecule has 3 rings (SSSR count). The van der Waals surface area contributed by atoms with Gasteiger partial charge in [-0.05, 0) is 43.7 Å². The Morgan fingerprint density at radius 2 is 1.81 bits per heavy atom. The Bertz CT molecular complexity index is 763. The summed E-state index contributed by atoms with van der Waals surface area (Å²) in [5, 5.41) is 4.06. The number of rotatable bonds is 3.